The molecule has 1 rings (SSSR count). The Kier molecular flexibility index (Phi) is 4.97. The zero-order chi connectivity index (χ0) is 10.2. The molecule has 1 aliphatic rings. The summed E-state index contributed by atoms with van der Waals surface area (Å²) in [6, 6.07) is 0. The second-order valence-corrected chi connectivity index (χ2v) is 3.18. The summed E-state index contributed by atoms with van der Waals surface area (Å²) in [4.78, 5) is 0. The summed E-state index contributed by atoms with van der Waals surface area (Å²) in [5, 5.41) is 0. The van der Waals surface area contributed by atoms with E-state index in [-0.39, 0.29) is 0 Å². The minimum atomic E-state index is 0.645. The van der Waals surface area contributed by atoms with Gasteiger partial charge in [-0.1, -0.05) is 36.5 Å². The van der Waals surface area contributed by atoms with E-state index in [1.54, 1.807) is 7.11 Å². The van der Waals surface area contributed by atoms with Gasteiger partial charge in [0.15, 0.2) is 0 Å². The first-order valence-electron chi connectivity index (χ1n) is 4.80. The zero-order valence-electron chi connectivity index (χ0n) is 8.57. The van der Waals surface area contributed by atoms with Crippen molar-refractivity contribution in [2.45, 2.75) is 6.42 Å². The van der Waals surface area contributed by atoms with Crippen molar-refractivity contribution in [1.29, 1.82) is 0 Å². The van der Waals surface area contributed by atoms with Crippen molar-refractivity contribution in [1.82, 2.24) is 0 Å². The number of allylic oxidation sites excluding steroid dienone is 5. The summed E-state index contributed by atoms with van der Waals surface area (Å²) in [5.74, 6) is 0. The van der Waals surface area contributed by atoms with Crippen LogP contribution in [-0.2, 0) is 4.74 Å². The molecule has 0 heterocycles. The topological polar surface area (TPSA) is 35.2 Å². The van der Waals surface area contributed by atoms with Gasteiger partial charge in [0, 0.05) is 7.11 Å². The average molecular weight is 191 g/mol. The monoisotopic (exact) mass is 191 g/mol. The molecule has 0 aromatic rings. The lowest BCUT2D eigenvalue weighted by Gasteiger charge is -2.05. The van der Waals surface area contributed by atoms with Gasteiger partial charge in [-0.05, 0) is 24.1 Å². The van der Waals surface area contributed by atoms with Gasteiger partial charge in [-0.2, -0.15) is 0 Å². The highest BCUT2D eigenvalue weighted by Gasteiger charge is 1.96. The molecule has 0 bridgehead atoms. The Morgan fingerprint density at radius 2 is 2.07 bits per heavy atom. The van der Waals surface area contributed by atoms with Crippen LogP contribution >= 0.6 is 0 Å². The van der Waals surface area contributed by atoms with Crippen LogP contribution in [0.5, 0.6) is 0 Å². The lowest BCUT2D eigenvalue weighted by molar-refractivity contribution is 0.228. The number of hydrogen-bond donors (Lipinski definition) is 1. The number of rotatable bonds is 4. The third-order valence-electron chi connectivity index (χ3n) is 1.96. The number of nitrogens with two attached hydrogens (primary N) is 1. The van der Waals surface area contributed by atoms with Gasteiger partial charge in [-0.15, -0.1) is 0 Å². The lowest BCUT2D eigenvalue weighted by atomic mass is 10.1. The predicted molar refractivity (Wildman–Crippen MR) is 60.0 cm³/mol. The second-order valence-electron chi connectivity index (χ2n) is 3.18. The molecule has 1 aliphatic carbocycles. The second kappa shape index (κ2) is 6.35. The molecule has 0 radical (unpaired) electrons. The van der Waals surface area contributed by atoms with E-state index >= 15 is 0 Å². The van der Waals surface area contributed by atoms with Gasteiger partial charge in [0.05, 0.1) is 6.61 Å². The minimum absolute atomic E-state index is 0.645. The van der Waals surface area contributed by atoms with Gasteiger partial charge in [0.25, 0.3) is 0 Å². The normalized spacial score (nSPS) is 27.9. The van der Waals surface area contributed by atoms with Gasteiger partial charge in [0.2, 0.25) is 0 Å². The van der Waals surface area contributed by atoms with Crippen molar-refractivity contribution in [2.24, 2.45) is 5.73 Å². The fraction of sp³-hybridized carbons (Fsp3) is 0.333. The molecule has 0 spiro atoms. The van der Waals surface area contributed by atoms with Crippen LogP contribution in [0.4, 0.5) is 0 Å². The number of ether oxygens (including phenoxy) is 1. The molecular weight excluding hydrogens is 174 g/mol. The zero-order valence-corrected chi connectivity index (χ0v) is 8.57. The molecule has 0 aromatic carbocycles. The largest absolute Gasteiger partial charge is 0.380 e. The van der Waals surface area contributed by atoms with Crippen molar-refractivity contribution in [3.05, 3.63) is 47.6 Å². The van der Waals surface area contributed by atoms with Crippen LogP contribution in [0.3, 0.4) is 0 Å². The van der Waals surface area contributed by atoms with E-state index in [0.717, 1.165) is 6.42 Å². The van der Waals surface area contributed by atoms with Crippen LogP contribution < -0.4 is 5.73 Å². The Labute approximate surface area is 85.4 Å². The summed E-state index contributed by atoms with van der Waals surface area (Å²) >= 11 is 0. The summed E-state index contributed by atoms with van der Waals surface area (Å²) in [6.07, 6.45) is 13.2. The summed E-state index contributed by atoms with van der Waals surface area (Å²) in [7, 11) is 1.70. The molecule has 14 heavy (non-hydrogen) atoms. The average Bonchev–Trinajstić information content (AvgIpc) is 2.13. The Hall–Kier alpha value is -1.12. The molecule has 0 saturated heterocycles. The molecule has 0 aromatic heterocycles. The standard InChI is InChI=1S/C12H17NO/c1-14-10-12-6-4-2-3-5-11(9-12)7-8-13/h2-6,9H,7-8,10,13H2,1H3/b3-2?,4-2-,5-3-,6-4?,11-5?,11-9+,12-6+,12-9?. The van der Waals surface area contributed by atoms with E-state index in [9.17, 15) is 0 Å². The lowest BCUT2D eigenvalue weighted by Crippen LogP contribution is -2.00. The van der Waals surface area contributed by atoms with Crippen molar-refractivity contribution >= 4 is 0 Å². The third kappa shape index (κ3) is 3.73. The number of methoxy groups -OCH3 is 1. The maximum absolute atomic E-state index is 5.53. The number of hydrogen-bond acceptors (Lipinski definition) is 2. The summed E-state index contributed by atoms with van der Waals surface area (Å²) < 4.78 is 5.10. The Morgan fingerprint density at radius 3 is 2.79 bits per heavy atom. The van der Waals surface area contributed by atoms with Gasteiger partial charge in [-0.25, -0.2) is 0 Å². The molecule has 2 N–H and O–H groups in total. The smallest absolute Gasteiger partial charge is 0.0713 e. The van der Waals surface area contributed by atoms with E-state index in [4.69, 9.17) is 10.5 Å². The van der Waals surface area contributed by atoms with E-state index in [0.29, 0.717) is 13.2 Å². The van der Waals surface area contributed by atoms with Crippen molar-refractivity contribution in [3.8, 4) is 0 Å². The van der Waals surface area contributed by atoms with E-state index < -0.39 is 0 Å². The van der Waals surface area contributed by atoms with E-state index in [2.05, 4.69) is 18.2 Å². The fourth-order valence-corrected chi connectivity index (χ4v) is 1.34. The summed E-state index contributed by atoms with van der Waals surface area (Å²) in [6.45, 7) is 1.33. The first-order valence-corrected chi connectivity index (χ1v) is 4.80. The molecule has 0 fully saturated rings. The molecule has 76 valence electrons. The Balaban J connectivity index is 2.76. The van der Waals surface area contributed by atoms with Crippen LogP contribution in [0.2, 0.25) is 0 Å². The molecule has 0 atom stereocenters. The first-order chi connectivity index (χ1) is 6.86. The van der Waals surface area contributed by atoms with Gasteiger partial charge >= 0.3 is 0 Å². The van der Waals surface area contributed by atoms with Gasteiger partial charge < -0.3 is 10.5 Å². The highest BCUT2D eigenvalue weighted by atomic mass is 16.5. The van der Waals surface area contributed by atoms with E-state index in [1.807, 2.05) is 18.2 Å². The summed E-state index contributed by atoms with van der Waals surface area (Å²) in [5.41, 5.74) is 7.95. The maximum atomic E-state index is 5.53. The van der Waals surface area contributed by atoms with Crippen LogP contribution in [0, 0.1) is 0 Å². The fourth-order valence-electron chi connectivity index (χ4n) is 1.34. The Morgan fingerprint density at radius 1 is 1.21 bits per heavy atom. The Bertz CT molecular complexity index is 278. The van der Waals surface area contributed by atoms with Crippen LogP contribution in [-0.4, -0.2) is 20.3 Å². The predicted octanol–water partition coefficient (Wildman–Crippen LogP) is 1.96. The van der Waals surface area contributed by atoms with E-state index in [1.165, 1.54) is 11.1 Å². The molecule has 0 saturated carbocycles. The van der Waals surface area contributed by atoms with Crippen LogP contribution in [0.15, 0.2) is 47.6 Å². The van der Waals surface area contributed by atoms with Crippen LogP contribution in [0.1, 0.15) is 6.42 Å². The molecule has 0 amide bonds. The maximum Gasteiger partial charge on any atom is 0.0713 e. The SMILES string of the molecule is COCC1=C/C=C\C=C/C(CCN)=C\1. The van der Waals surface area contributed by atoms with Crippen molar-refractivity contribution in [3.63, 3.8) is 0 Å². The minimum Gasteiger partial charge on any atom is -0.380 e. The molecule has 0 unspecified atom stereocenters. The molecule has 2 heteroatoms. The molecule has 0 aliphatic heterocycles. The highest BCUT2D eigenvalue weighted by molar-refractivity contribution is 5.36. The highest BCUT2D eigenvalue weighted by Crippen LogP contribution is 2.10. The third-order valence-corrected chi connectivity index (χ3v) is 1.96. The van der Waals surface area contributed by atoms with Crippen molar-refractivity contribution in [2.75, 3.05) is 20.3 Å². The van der Waals surface area contributed by atoms with Gasteiger partial charge in [-0.3, -0.25) is 0 Å². The van der Waals surface area contributed by atoms with Gasteiger partial charge in [0.1, 0.15) is 0 Å². The first kappa shape index (κ1) is 11.0. The molecule has 2 nitrogen and oxygen atoms in total. The quantitative estimate of drug-likeness (QED) is 0.737. The molecular formula is C12H17NO. The van der Waals surface area contributed by atoms with Crippen molar-refractivity contribution < 1.29 is 4.74 Å². The van der Waals surface area contributed by atoms with Crippen LogP contribution in [0.25, 0.3) is 0 Å².